The van der Waals surface area contributed by atoms with E-state index in [4.69, 9.17) is 4.74 Å². The minimum absolute atomic E-state index is 0.0203. The van der Waals surface area contributed by atoms with Crippen LogP contribution in [0.3, 0.4) is 0 Å². The van der Waals surface area contributed by atoms with Crippen molar-refractivity contribution in [2.24, 2.45) is 11.8 Å². The Labute approximate surface area is 128 Å². The molecule has 3 rings (SSSR count). The van der Waals surface area contributed by atoms with Crippen LogP contribution in [0, 0.1) is 11.8 Å². The van der Waals surface area contributed by atoms with Crippen molar-refractivity contribution >= 4 is 5.97 Å². The second kappa shape index (κ2) is 6.12. The number of carbonyl (C=O) groups is 1. The van der Waals surface area contributed by atoms with Gasteiger partial charge in [0, 0.05) is 6.04 Å². The largest absolute Gasteiger partial charge is 0.458 e. The van der Waals surface area contributed by atoms with E-state index in [1.165, 1.54) is 50.6 Å². The van der Waals surface area contributed by atoms with Gasteiger partial charge in [0.25, 0.3) is 0 Å². The molecule has 1 unspecified atom stereocenters. The molecule has 1 fully saturated rings. The highest BCUT2D eigenvalue weighted by Crippen LogP contribution is 2.44. The van der Waals surface area contributed by atoms with E-state index in [0.717, 1.165) is 18.4 Å². The van der Waals surface area contributed by atoms with Crippen molar-refractivity contribution in [3.63, 3.8) is 0 Å². The molecule has 0 N–H and O–H groups in total. The van der Waals surface area contributed by atoms with Gasteiger partial charge < -0.3 is 9.64 Å². The second-order valence-corrected chi connectivity index (χ2v) is 7.46. The van der Waals surface area contributed by atoms with Crippen molar-refractivity contribution in [1.29, 1.82) is 0 Å². The molecule has 3 atom stereocenters. The predicted octanol–water partition coefficient (Wildman–Crippen LogP) is 3.54. The van der Waals surface area contributed by atoms with E-state index in [0.29, 0.717) is 0 Å². The van der Waals surface area contributed by atoms with Gasteiger partial charge in [-0.1, -0.05) is 19.4 Å². The Morgan fingerprint density at radius 2 is 2.05 bits per heavy atom. The number of nitrogens with zero attached hydrogens (tertiary/aromatic N) is 1. The lowest BCUT2D eigenvalue weighted by molar-refractivity contribution is -0.152. The highest BCUT2D eigenvalue weighted by atomic mass is 16.5. The number of ether oxygens (including phenoxy) is 1. The molecule has 118 valence electrons. The van der Waals surface area contributed by atoms with E-state index in [9.17, 15) is 4.79 Å². The number of esters is 1. The van der Waals surface area contributed by atoms with Gasteiger partial charge in [0.2, 0.25) is 0 Å². The quantitative estimate of drug-likeness (QED) is 0.576. The van der Waals surface area contributed by atoms with E-state index in [2.05, 4.69) is 11.9 Å². The fraction of sp³-hybridized carbons (Fsp3) is 0.833. The summed E-state index contributed by atoms with van der Waals surface area (Å²) in [5, 5.41) is 0. The summed E-state index contributed by atoms with van der Waals surface area (Å²) in [6.07, 6.45) is 8.56. The molecule has 0 saturated carbocycles. The average Bonchev–Trinajstić information content (AvgIpc) is 2.46. The number of fused-ring (bicyclic) bond motifs is 1. The molecule has 0 amide bonds. The number of likely N-dealkylation sites (tertiary alicyclic amines) is 1. The zero-order valence-corrected chi connectivity index (χ0v) is 13.7. The SMILES string of the molecule is CC(C)C(=O)OC1CCCC2=C1C[C@H]1CCCN(C)[C@@H]1C2. The Morgan fingerprint density at radius 3 is 2.81 bits per heavy atom. The minimum atomic E-state index is -0.0309. The average molecular weight is 291 g/mol. The molecule has 3 aliphatic rings. The summed E-state index contributed by atoms with van der Waals surface area (Å²) in [5.74, 6) is 0.727. The van der Waals surface area contributed by atoms with Crippen LogP contribution in [0.4, 0.5) is 0 Å². The van der Waals surface area contributed by atoms with Gasteiger partial charge >= 0.3 is 5.97 Å². The summed E-state index contributed by atoms with van der Waals surface area (Å²) < 4.78 is 5.82. The highest BCUT2D eigenvalue weighted by Gasteiger charge is 2.39. The van der Waals surface area contributed by atoms with Gasteiger partial charge in [-0.25, -0.2) is 0 Å². The third-order valence-electron chi connectivity index (χ3n) is 5.65. The van der Waals surface area contributed by atoms with Crippen LogP contribution in [0.15, 0.2) is 11.1 Å². The number of carbonyl (C=O) groups excluding carboxylic acids is 1. The lowest BCUT2D eigenvalue weighted by atomic mass is 9.70. The van der Waals surface area contributed by atoms with Crippen LogP contribution in [0.5, 0.6) is 0 Å². The van der Waals surface area contributed by atoms with Crippen LogP contribution in [-0.4, -0.2) is 36.6 Å². The fourth-order valence-corrected chi connectivity index (χ4v) is 4.40. The first-order valence-corrected chi connectivity index (χ1v) is 8.67. The fourth-order valence-electron chi connectivity index (χ4n) is 4.40. The molecule has 0 radical (unpaired) electrons. The molecule has 0 spiro atoms. The molecule has 1 aliphatic heterocycles. The van der Waals surface area contributed by atoms with Crippen LogP contribution >= 0.6 is 0 Å². The molecule has 1 saturated heterocycles. The van der Waals surface area contributed by atoms with Crippen LogP contribution in [-0.2, 0) is 9.53 Å². The van der Waals surface area contributed by atoms with Crippen molar-refractivity contribution in [1.82, 2.24) is 4.90 Å². The van der Waals surface area contributed by atoms with Gasteiger partial charge in [0.15, 0.2) is 0 Å². The Balaban J connectivity index is 1.77. The van der Waals surface area contributed by atoms with Crippen molar-refractivity contribution in [2.75, 3.05) is 13.6 Å². The summed E-state index contributed by atoms with van der Waals surface area (Å²) in [7, 11) is 2.28. The predicted molar refractivity (Wildman–Crippen MR) is 84.0 cm³/mol. The van der Waals surface area contributed by atoms with Crippen molar-refractivity contribution < 1.29 is 9.53 Å². The van der Waals surface area contributed by atoms with Crippen LogP contribution in [0.2, 0.25) is 0 Å². The van der Waals surface area contributed by atoms with Crippen molar-refractivity contribution in [2.45, 2.75) is 70.9 Å². The maximum Gasteiger partial charge on any atom is 0.308 e. The van der Waals surface area contributed by atoms with Gasteiger partial charge in [0.05, 0.1) is 5.92 Å². The molecule has 2 aliphatic carbocycles. The smallest absolute Gasteiger partial charge is 0.308 e. The van der Waals surface area contributed by atoms with Crippen LogP contribution in [0.25, 0.3) is 0 Å². The summed E-state index contributed by atoms with van der Waals surface area (Å²) in [6.45, 7) is 5.09. The molecular weight excluding hydrogens is 262 g/mol. The van der Waals surface area contributed by atoms with Crippen LogP contribution < -0.4 is 0 Å². The summed E-state index contributed by atoms with van der Waals surface area (Å²) in [4.78, 5) is 14.5. The van der Waals surface area contributed by atoms with E-state index in [-0.39, 0.29) is 18.0 Å². The van der Waals surface area contributed by atoms with E-state index >= 15 is 0 Å². The van der Waals surface area contributed by atoms with Gasteiger partial charge in [-0.3, -0.25) is 4.79 Å². The molecular formula is C18H29NO2. The van der Waals surface area contributed by atoms with Gasteiger partial charge in [-0.15, -0.1) is 0 Å². The van der Waals surface area contributed by atoms with Gasteiger partial charge in [0.1, 0.15) is 6.10 Å². The summed E-state index contributed by atoms with van der Waals surface area (Å²) in [6, 6.07) is 0.733. The first-order chi connectivity index (χ1) is 10.1. The standard InChI is InChI=1S/C18H29NO2/c1-12(2)18(20)21-17-8-4-6-13-11-16-14(10-15(13)17)7-5-9-19(16)3/h12,14,16-17H,4-11H2,1-3H3/t14-,16-,17?/m1/s1. The number of hydrogen-bond acceptors (Lipinski definition) is 3. The Bertz CT molecular complexity index is 440. The zero-order chi connectivity index (χ0) is 15.0. The molecule has 0 aromatic heterocycles. The maximum absolute atomic E-state index is 12.0. The third kappa shape index (κ3) is 3.03. The Hall–Kier alpha value is -0.830. The lowest BCUT2D eigenvalue weighted by Crippen LogP contribution is -2.46. The summed E-state index contributed by atoms with van der Waals surface area (Å²) >= 11 is 0. The van der Waals surface area contributed by atoms with E-state index in [1.807, 2.05) is 13.8 Å². The summed E-state index contributed by atoms with van der Waals surface area (Å²) in [5.41, 5.74) is 3.10. The number of rotatable bonds is 2. The monoisotopic (exact) mass is 291 g/mol. The molecule has 3 heteroatoms. The highest BCUT2D eigenvalue weighted by molar-refractivity contribution is 5.72. The topological polar surface area (TPSA) is 29.5 Å². The van der Waals surface area contributed by atoms with Crippen LogP contribution in [0.1, 0.15) is 58.8 Å². The molecule has 1 heterocycles. The maximum atomic E-state index is 12.0. The minimum Gasteiger partial charge on any atom is -0.458 e. The first-order valence-electron chi connectivity index (χ1n) is 8.67. The van der Waals surface area contributed by atoms with Crippen molar-refractivity contribution in [3.05, 3.63) is 11.1 Å². The third-order valence-corrected chi connectivity index (χ3v) is 5.65. The number of hydrogen-bond donors (Lipinski definition) is 0. The Morgan fingerprint density at radius 1 is 1.24 bits per heavy atom. The van der Waals surface area contributed by atoms with E-state index < -0.39 is 0 Å². The molecule has 21 heavy (non-hydrogen) atoms. The molecule has 0 bridgehead atoms. The molecule has 0 aromatic rings. The molecule has 0 aromatic carbocycles. The second-order valence-electron chi connectivity index (χ2n) is 7.46. The van der Waals surface area contributed by atoms with Gasteiger partial charge in [-0.05, 0) is 70.0 Å². The zero-order valence-electron chi connectivity index (χ0n) is 13.7. The lowest BCUT2D eigenvalue weighted by Gasteiger charge is -2.46. The normalized spacial score (nSPS) is 33.6. The first kappa shape index (κ1) is 15.1. The Kier molecular flexibility index (Phi) is 4.39. The van der Waals surface area contributed by atoms with Crippen molar-refractivity contribution in [3.8, 4) is 0 Å². The molecule has 3 nitrogen and oxygen atoms in total. The van der Waals surface area contributed by atoms with E-state index in [1.54, 1.807) is 5.57 Å². The number of piperidine rings is 1. The van der Waals surface area contributed by atoms with Gasteiger partial charge in [-0.2, -0.15) is 0 Å².